The van der Waals surface area contributed by atoms with E-state index in [4.69, 9.17) is 5.73 Å². The van der Waals surface area contributed by atoms with Gasteiger partial charge in [0.2, 0.25) is 0 Å². The summed E-state index contributed by atoms with van der Waals surface area (Å²) in [6.07, 6.45) is 0.342. The van der Waals surface area contributed by atoms with Crippen molar-refractivity contribution >= 4 is 0 Å². The Labute approximate surface area is 133 Å². The van der Waals surface area contributed by atoms with Crippen LogP contribution >= 0.6 is 0 Å². The quantitative estimate of drug-likeness (QED) is 0.889. The minimum absolute atomic E-state index is 0.00955. The maximum absolute atomic E-state index is 12.3. The molecule has 0 saturated heterocycles. The lowest BCUT2D eigenvalue weighted by atomic mass is 9.58. The molecule has 0 spiro atoms. The maximum Gasteiger partial charge on any atom is 0.573 e. The van der Waals surface area contributed by atoms with E-state index in [9.17, 15) is 18.3 Å². The van der Waals surface area contributed by atoms with Gasteiger partial charge in [0, 0.05) is 17.4 Å². The van der Waals surface area contributed by atoms with Gasteiger partial charge in [-0.25, -0.2) is 0 Å². The second kappa shape index (κ2) is 5.98. The zero-order valence-corrected chi connectivity index (χ0v) is 12.9. The van der Waals surface area contributed by atoms with Crippen LogP contribution in [0, 0.1) is 5.92 Å². The Morgan fingerprint density at radius 2 is 1.78 bits per heavy atom. The minimum Gasteiger partial charge on any atom is -0.406 e. The van der Waals surface area contributed by atoms with E-state index >= 15 is 0 Å². The molecule has 0 aliphatic heterocycles. The van der Waals surface area contributed by atoms with Gasteiger partial charge in [-0.2, -0.15) is 0 Å². The molecule has 2 aliphatic carbocycles. The third-order valence-electron chi connectivity index (χ3n) is 5.51. The first-order valence-electron chi connectivity index (χ1n) is 8.12. The molecule has 0 heterocycles. The van der Waals surface area contributed by atoms with Gasteiger partial charge < -0.3 is 15.6 Å². The fourth-order valence-corrected chi connectivity index (χ4v) is 4.12. The normalized spacial score (nSPS) is 28.2. The van der Waals surface area contributed by atoms with Crippen LogP contribution in [0.15, 0.2) is 24.3 Å². The van der Waals surface area contributed by atoms with Crippen LogP contribution < -0.4 is 10.5 Å². The van der Waals surface area contributed by atoms with Gasteiger partial charge in [-0.15, -0.1) is 13.2 Å². The summed E-state index contributed by atoms with van der Waals surface area (Å²) < 4.78 is 40.7. The monoisotopic (exact) mass is 329 g/mol. The molecular formula is C17H22F3NO2. The van der Waals surface area contributed by atoms with E-state index in [1.165, 1.54) is 12.1 Å². The number of aliphatic hydroxyl groups excluding tert-OH is 1. The predicted octanol–water partition coefficient (Wildman–Crippen LogP) is 3.50. The smallest absolute Gasteiger partial charge is 0.406 e. The van der Waals surface area contributed by atoms with Gasteiger partial charge in [0.05, 0.1) is 6.10 Å². The molecule has 0 radical (unpaired) electrons. The van der Waals surface area contributed by atoms with Crippen LogP contribution in [0.1, 0.15) is 44.1 Å². The van der Waals surface area contributed by atoms with E-state index in [-0.39, 0.29) is 23.1 Å². The largest absolute Gasteiger partial charge is 0.573 e. The molecule has 0 amide bonds. The number of ether oxygens (including phenoxy) is 1. The molecule has 1 aromatic rings. The molecule has 3 rings (SSSR count). The molecular weight excluding hydrogens is 307 g/mol. The molecule has 0 bridgehead atoms. The molecule has 2 fully saturated rings. The molecule has 1 unspecified atom stereocenters. The van der Waals surface area contributed by atoms with Gasteiger partial charge in [0.15, 0.2) is 0 Å². The number of aliphatic hydroxyl groups is 1. The van der Waals surface area contributed by atoms with Crippen molar-refractivity contribution in [3.05, 3.63) is 29.8 Å². The Hall–Kier alpha value is -1.27. The minimum atomic E-state index is -4.69. The summed E-state index contributed by atoms with van der Waals surface area (Å²) in [5, 5.41) is 10.9. The highest BCUT2D eigenvalue weighted by molar-refractivity contribution is 5.35. The van der Waals surface area contributed by atoms with Gasteiger partial charge in [-0.3, -0.25) is 0 Å². The zero-order chi connectivity index (χ0) is 16.7. The van der Waals surface area contributed by atoms with Crippen LogP contribution in [-0.4, -0.2) is 23.6 Å². The molecule has 1 aromatic carbocycles. The fourth-order valence-electron chi connectivity index (χ4n) is 4.12. The first-order valence-corrected chi connectivity index (χ1v) is 8.12. The van der Waals surface area contributed by atoms with Gasteiger partial charge >= 0.3 is 6.36 Å². The summed E-state index contributed by atoms with van der Waals surface area (Å²) in [7, 11) is 0. The average Bonchev–Trinajstić information content (AvgIpc) is 2.84. The summed E-state index contributed by atoms with van der Waals surface area (Å²) in [4.78, 5) is 0. The second-order valence-electron chi connectivity index (χ2n) is 6.79. The zero-order valence-electron chi connectivity index (χ0n) is 12.9. The van der Waals surface area contributed by atoms with Crippen molar-refractivity contribution in [3.63, 3.8) is 0 Å². The van der Waals surface area contributed by atoms with Crippen LogP contribution in [0.5, 0.6) is 5.75 Å². The first kappa shape index (κ1) is 16.6. The topological polar surface area (TPSA) is 55.5 Å². The van der Waals surface area contributed by atoms with E-state index < -0.39 is 12.5 Å². The Morgan fingerprint density at radius 1 is 1.13 bits per heavy atom. The predicted molar refractivity (Wildman–Crippen MR) is 80.0 cm³/mol. The number of hydrogen-bond acceptors (Lipinski definition) is 3. The highest BCUT2D eigenvalue weighted by Gasteiger charge is 2.49. The summed E-state index contributed by atoms with van der Waals surface area (Å²) in [5.74, 6) is -0.163. The Bertz CT molecular complexity index is 540. The van der Waals surface area contributed by atoms with Gasteiger partial charge in [0.25, 0.3) is 0 Å². The molecule has 128 valence electrons. The Morgan fingerprint density at radius 3 is 2.22 bits per heavy atom. The molecule has 0 aromatic heterocycles. The Balaban J connectivity index is 1.80. The van der Waals surface area contributed by atoms with Crippen molar-refractivity contribution in [2.45, 2.75) is 62.4 Å². The number of rotatable bonds is 4. The van der Waals surface area contributed by atoms with E-state index in [2.05, 4.69) is 4.74 Å². The van der Waals surface area contributed by atoms with Crippen LogP contribution in [0.3, 0.4) is 0 Å². The van der Waals surface area contributed by atoms with Crippen molar-refractivity contribution in [2.24, 2.45) is 11.7 Å². The van der Waals surface area contributed by atoms with E-state index in [1.54, 1.807) is 12.1 Å². The van der Waals surface area contributed by atoms with Crippen molar-refractivity contribution in [2.75, 3.05) is 0 Å². The van der Waals surface area contributed by atoms with Crippen LogP contribution in [0.4, 0.5) is 13.2 Å². The van der Waals surface area contributed by atoms with Crippen molar-refractivity contribution in [3.8, 4) is 5.75 Å². The number of halogens is 3. The standard InChI is InChI=1S/C17H22F3NO2/c18-17(19,20)23-12-7-5-11(6-8-12)16(9-2-10-16)15(22)13-3-1-4-14(13)21/h5-8,13-15,22H,1-4,9-10,21H2/t13-,14+,15?/m1/s1. The van der Waals surface area contributed by atoms with Gasteiger partial charge in [0.1, 0.15) is 5.75 Å². The first-order chi connectivity index (χ1) is 10.8. The summed E-state index contributed by atoms with van der Waals surface area (Å²) in [6, 6.07) is 5.94. The van der Waals surface area contributed by atoms with E-state index in [0.717, 1.165) is 44.1 Å². The number of hydrogen-bond donors (Lipinski definition) is 2. The second-order valence-corrected chi connectivity index (χ2v) is 6.79. The van der Waals surface area contributed by atoms with Crippen LogP contribution in [0.2, 0.25) is 0 Å². The molecule has 2 saturated carbocycles. The highest BCUT2D eigenvalue weighted by Crippen LogP contribution is 2.50. The number of nitrogens with two attached hydrogens (primary N) is 1. The SMILES string of the molecule is N[C@H]1CCC[C@H]1C(O)C1(c2ccc(OC(F)(F)F)cc2)CCC1. The molecule has 3 atom stereocenters. The Kier molecular flexibility index (Phi) is 4.31. The average molecular weight is 329 g/mol. The lowest BCUT2D eigenvalue weighted by Gasteiger charge is -2.49. The van der Waals surface area contributed by atoms with Gasteiger partial charge in [-0.05, 0) is 43.4 Å². The van der Waals surface area contributed by atoms with Gasteiger partial charge in [-0.1, -0.05) is 25.0 Å². The molecule has 2 aliphatic rings. The molecule has 3 N–H and O–H groups in total. The fraction of sp³-hybridized carbons (Fsp3) is 0.647. The van der Waals surface area contributed by atoms with Crippen LogP contribution in [-0.2, 0) is 5.41 Å². The summed E-state index contributed by atoms with van der Waals surface area (Å²) in [5.41, 5.74) is 6.63. The molecule has 3 nitrogen and oxygen atoms in total. The molecule has 6 heteroatoms. The van der Waals surface area contributed by atoms with Crippen molar-refractivity contribution in [1.82, 2.24) is 0 Å². The van der Waals surface area contributed by atoms with Crippen molar-refractivity contribution < 1.29 is 23.0 Å². The summed E-state index contributed by atoms with van der Waals surface area (Å²) in [6.45, 7) is 0. The lowest BCUT2D eigenvalue weighted by molar-refractivity contribution is -0.274. The lowest BCUT2D eigenvalue weighted by Crippen LogP contribution is -2.51. The van der Waals surface area contributed by atoms with Crippen molar-refractivity contribution in [1.29, 1.82) is 0 Å². The summed E-state index contributed by atoms with van der Waals surface area (Å²) >= 11 is 0. The maximum atomic E-state index is 12.3. The third kappa shape index (κ3) is 3.19. The van der Waals surface area contributed by atoms with E-state index in [0.29, 0.717) is 0 Å². The number of benzene rings is 1. The van der Waals surface area contributed by atoms with E-state index in [1.807, 2.05) is 0 Å². The number of alkyl halides is 3. The molecule has 23 heavy (non-hydrogen) atoms. The highest BCUT2D eigenvalue weighted by atomic mass is 19.4. The van der Waals surface area contributed by atoms with Crippen LogP contribution in [0.25, 0.3) is 0 Å². The third-order valence-corrected chi connectivity index (χ3v) is 5.51.